The summed E-state index contributed by atoms with van der Waals surface area (Å²) in [5, 5.41) is 0. The number of hydrogen-bond acceptors (Lipinski definition) is 5. The highest BCUT2D eigenvalue weighted by Gasteiger charge is 2.28. The number of piperidine rings is 1. The van der Waals surface area contributed by atoms with E-state index in [1.54, 1.807) is 4.90 Å². The highest BCUT2D eigenvalue weighted by Crippen LogP contribution is 2.23. The van der Waals surface area contributed by atoms with Crippen molar-refractivity contribution in [1.82, 2.24) is 19.2 Å². The molecule has 0 aliphatic carbocycles. The molecule has 2 aromatic heterocycles. The summed E-state index contributed by atoms with van der Waals surface area (Å²) in [6.07, 6.45) is 4.31. The molecular weight excluding hydrogens is 416 g/mol. The van der Waals surface area contributed by atoms with Gasteiger partial charge in [-0.3, -0.25) is 14.5 Å². The largest absolute Gasteiger partial charge is 0.469 e. The number of amides is 1. The Hall–Kier alpha value is -3.19. The van der Waals surface area contributed by atoms with E-state index >= 15 is 0 Å². The molecule has 0 spiro atoms. The van der Waals surface area contributed by atoms with E-state index in [9.17, 15) is 9.59 Å². The van der Waals surface area contributed by atoms with E-state index in [1.165, 1.54) is 12.7 Å². The van der Waals surface area contributed by atoms with E-state index in [2.05, 4.69) is 17.0 Å². The number of carbonyl (C=O) groups is 2. The number of esters is 1. The second-order valence-electron chi connectivity index (χ2n) is 8.83. The molecule has 0 atom stereocenters. The van der Waals surface area contributed by atoms with Crippen molar-refractivity contribution < 1.29 is 14.3 Å². The number of aryl methyl sites for hydroxylation is 1. The maximum absolute atomic E-state index is 13.5. The molecule has 0 bridgehead atoms. The van der Waals surface area contributed by atoms with Crippen LogP contribution in [-0.2, 0) is 22.5 Å². The van der Waals surface area contributed by atoms with E-state index in [1.807, 2.05) is 54.9 Å². The summed E-state index contributed by atoms with van der Waals surface area (Å²) < 4.78 is 6.95. The van der Waals surface area contributed by atoms with E-state index in [-0.39, 0.29) is 17.8 Å². The molecule has 1 aromatic carbocycles. The van der Waals surface area contributed by atoms with Crippen molar-refractivity contribution in [2.45, 2.75) is 32.7 Å². The van der Waals surface area contributed by atoms with Gasteiger partial charge < -0.3 is 14.0 Å². The lowest BCUT2D eigenvalue weighted by molar-refractivity contribution is -0.147. The summed E-state index contributed by atoms with van der Waals surface area (Å²) in [5.74, 6) is -0.231. The van der Waals surface area contributed by atoms with Crippen molar-refractivity contribution in [3.63, 3.8) is 0 Å². The number of carbonyl (C=O) groups excluding carboxylic acids is 2. The number of imidazole rings is 1. The number of nitrogens with zero attached hydrogens (tertiary/aromatic N) is 4. The molecule has 0 radical (unpaired) electrons. The average Bonchev–Trinajstić information content (AvgIpc) is 3.22. The fourth-order valence-corrected chi connectivity index (χ4v) is 4.50. The summed E-state index contributed by atoms with van der Waals surface area (Å²) in [5.41, 5.74) is 4.47. The Labute approximate surface area is 195 Å². The summed E-state index contributed by atoms with van der Waals surface area (Å²) in [7, 11) is 3.29. The Morgan fingerprint density at radius 3 is 2.55 bits per heavy atom. The lowest BCUT2D eigenvalue weighted by Crippen LogP contribution is -2.37. The number of likely N-dealkylation sites (tertiary alicyclic amines) is 1. The monoisotopic (exact) mass is 448 g/mol. The van der Waals surface area contributed by atoms with Gasteiger partial charge in [0.2, 0.25) is 0 Å². The Morgan fingerprint density at radius 1 is 1.12 bits per heavy atom. The molecule has 0 N–H and O–H groups in total. The number of aromatic nitrogens is 2. The van der Waals surface area contributed by atoms with Crippen molar-refractivity contribution in [2.24, 2.45) is 5.92 Å². The van der Waals surface area contributed by atoms with E-state index in [4.69, 9.17) is 9.72 Å². The molecule has 7 heteroatoms. The van der Waals surface area contributed by atoms with Crippen LogP contribution in [0.3, 0.4) is 0 Å². The highest BCUT2D eigenvalue weighted by atomic mass is 16.5. The van der Waals surface area contributed by atoms with Crippen molar-refractivity contribution in [3.8, 4) is 0 Å². The molecule has 3 aromatic rings. The standard InChI is InChI=1S/C26H32N4O3/c1-19-8-7-14-30-22(18-29-16-12-21(13-17-29)26(32)33-3)23(27-24(19)30)25(31)28(2)15-11-20-9-5-4-6-10-20/h4-10,14,21H,11-13,15-18H2,1-3H3. The minimum Gasteiger partial charge on any atom is -0.469 e. The lowest BCUT2D eigenvalue weighted by atomic mass is 9.97. The molecule has 0 saturated carbocycles. The zero-order valence-electron chi connectivity index (χ0n) is 19.7. The summed E-state index contributed by atoms with van der Waals surface area (Å²) in [4.78, 5) is 34.2. The van der Waals surface area contributed by atoms with Gasteiger partial charge in [0.15, 0.2) is 5.69 Å². The first-order valence-corrected chi connectivity index (χ1v) is 11.5. The molecule has 1 amide bonds. The van der Waals surface area contributed by atoms with Gasteiger partial charge in [-0.1, -0.05) is 36.4 Å². The number of rotatable bonds is 7. The van der Waals surface area contributed by atoms with Gasteiger partial charge >= 0.3 is 5.97 Å². The molecule has 7 nitrogen and oxygen atoms in total. The number of likely N-dealkylation sites (N-methyl/N-ethyl adjacent to an activating group) is 1. The topological polar surface area (TPSA) is 67.2 Å². The van der Waals surface area contributed by atoms with Gasteiger partial charge in [0, 0.05) is 26.3 Å². The number of benzene rings is 1. The van der Waals surface area contributed by atoms with Crippen LogP contribution < -0.4 is 0 Å². The minimum atomic E-state index is -0.129. The van der Waals surface area contributed by atoms with Crippen LogP contribution in [0.1, 0.15) is 40.2 Å². The molecule has 1 fully saturated rings. The lowest BCUT2D eigenvalue weighted by Gasteiger charge is -2.30. The predicted molar refractivity (Wildman–Crippen MR) is 127 cm³/mol. The SMILES string of the molecule is COC(=O)C1CCN(Cc2c(C(=O)N(C)CCc3ccccc3)nc3c(C)cccn23)CC1. The normalized spacial score (nSPS) is 15.0. The Bertz CT molecular complexity index is 1120. The molecule has 3 heterocycles. The Balaban J connectivity index is 1.54. The van der Waals surface area contributed by atoms with Gasteiger partial charge in [0.25, 0.3) is 5.91 Å². The fourth-order valence-electron chi connectivity index (χ4n) is 4.50. The fraction of sp³-hybridized carbons (Fsp3) is 0.423. The second-order valence-corrected chi connectivity index (χ2v) is 8.83. The number of ether oxygens (including phenoxy) is 1. The smallest absolute Gasteiger partial charge is 0.308 e. The molecular formula is C26H32N4O3. The predicted octanol–water partition coefficient (Wildman–Crippen LogP) is 3.34. The van der Waals surface area contributed by atoms with Crippen molar-refractivity contribution in [2.75, 3.05) is 33.8 Å². The summed E-state index contributed by atoms with van der Waals surface area (Å²) in [6.45, 7) is 4.83. The summed E-state index contributed by atoms with van der Waals surface area (Å²) in [6, 6.07) is 14.2. The second kappa shape index (κ2) is 10.2. The Kier molecular flexibility index (Phi) is 7.08. The first-order valence-electron chi connectivity index (χ1n) is 11.5. The van der Waals surface area contributed by atoms with Crippen LogP contribution in [0.5, 0.6) is 0 Å². The number of hydrogen-bond donors (Lipinski definition) is 0. The first-order chi connectivity index (χ1) is 16.0. The molecule has 1 saturated heterocycles. The number of fused-ring (bicyclic) bond motifs is 1. The van der Waals surface area contributed by atoms with Crippen LogP contribution in [0, 0.1) is 12.8 Å². The maximum Gasteiger partial charge on any atom is 0.308 e. The van der Waals surface area contributed by atoms with Gasteiger partial charge in [-0.15, -0.1) is 0 Å². The van der Waals surface area contributed by atoms with Gasteiger partial charge in [-0.05, 0) is 56.5 Å². The summed E-state index contributed by atoms with van der Waals surface area (Å²) >= 11 is 0. The van der Waals surface area contributed by atoms with Crippen LogP contribution in [0.25, 0.3) is 5.65 Å². The number of pyridine rings is 1. The van der Waals surface area contributed by atoms with Gasteiger partial charge in [0.1, 0.15) is 5.65 Å². The van der Waals surface area contributed by atoms with Crippen LogP contribution >= 0.6 is 0 Å². The maximum atomic E-state index is 13.5. The molecule has 0 unspecified atom stereocenters. The van der Waals surface area contributed by atoms with Crippen LogP contribution in [0.15, 0.2) is 48.7 Å². The van der Waals surface area contributed by atoms with Gasteiger partial charge in [0.05, 0.1) is 18.7 Å². The molecule has 174 valence electrons. The highest BCUT2D eigenvalue weighted by molar-refractivity contribution is 5.94. The van der Waals surface area contributed by atoms with Gasteiger partial charge in [-0.2, -0.15) is 0 Å². The minimum absolute atomic E-state index is 0.0408. The van der Waals surface area contributed by atoms with Crippen LogP contribution in [0.2, 0.25) is 0 Å². The van der Waals surface area contributed by atoms with Crippen LogP contribution in [0.4, 0.5) is 0 Å². The van der Waals surface area contributed by atoms with E-state index in [0.717, 1.165) is 49.3 Å². The van der Waals surface area contributed by atoms with Crippen molar-refractivity contribution in [1.29, 1.82) is 0 Å². The molecule has 4 rings (SSSR count). The quantitative estimate of drug-likeness (QED) is 0.519. The Morgan fingerprint density at radius 2 is 1.85 bits per heavy atom. The average molecular weight is 449 g/mol. The van der Waals surface area contributed by atoms with Crippen molar-refractivity contribution >= 4 is 17.5 Å². The number of methoxy groups -OCH3 is 1. The molecule has 1 aliphatic rings. The third kappa shape index (κ3) is 5.09. The zero-order chi connectivity index (χ0) is 23.4. The van der Waals surface area contributed by atoms with E-state index in [0.29, 0.717) is 18.8 Å². The third-order valence-corrected chi connectivity index (χ3v) is 6.57. The molecule has 33 heavy (non-hydrogen) atoms. The van der Waals surface area contributed by atoms with Crippen molar-refractivity contribution in [3.05, 3.63) is 71.2 Å². The third-order valence-electron chi connectivity index (χ3n) is 6.57. The van der Waals surface area contributed by atoms with Crippen LogP contribution in [-0.4, -0.2) is 64.9 Å². The molecule has 1 aliphatic heterocycles. The van der Waals surface area contributed by atoms with E-state index < -0.39 is 0 Å². The zero-order valence-corrected chi connectivity index (χ0v) is 19.7. The first kappa shape index (κ1) is 23.0. The van der Waals surface area contributed by atoms with Gasteiger partial charge in [-0.25, -0.2) is 4.98 Å².